The number of nitrogens with two attached hydrogens (primary N) is 1. The van der Waals surface area contributed by atoms with Gasteiger partial charge in [-0.2, -0.15) is 5.10 Å². The molecule has 0 aliphatic rings. The lowest BCUT2D eigenvalue weighted by atomic mass is 10.1. The Hall–Kier alpha value is -2.86. The van der Waals surface area contributed by atoms with Crippen molar-refractivity contribution < 1.29 is 13.9 Å². The Labute approximate surface area is 148 Å². The highest BCUT2D eigenvalue weighted by Crippen LogP contribution is 2.24. The third kappa shape index (κ3) is 3.64. The van der Waals surface area contributed by atoms with Gasteiger partial charge in [-0.15, -0.1) is 0 Å². The van der Waals surface area contributed by atoms with Crippen LogP contribution < -0.4 is 5.73 Å². The molecule has 0 saturated heterocycles. The largest absolute Gasteiger partial charge is 0.466 e. The molecule has 0 unspecified atom stereocenters. The van der Waals surface area contributed by atoms with E-state index in [4.69, 9.17) is 17.3 Å². The molecule has 0 bridgehead atoms. The summed E-state index contributed by atoms with van der Waals surface area (Å²) in [6, 6.07) is 9.80. The molecule has 3 rings (SSSR count). The summed E-state index contributed by atoms with van der Waals surface area (Å²) < 4.78 is 20.3. The minimum atomic E-state index is -0.484. The van der Waals surface area contributed by atoms with Crippen LogP contribution in [0.1, 0.15) is 11.3 Å². The predicted octanol–water partition coefficient (Wildman–Crippen LogP) is 3.65. The van der Waals surface area contributed by atoms with Crippen molar-refractivity contribution in [1.82, 2.24) is 9.78 Å². The van der Waals surface area contributed by atoms with Gasteiger partial charge in [-0.1, -0.05) is 17.7 Å². The number of carbonyl (C=O) groups excluding carboxylic acids is 1. The summed E-state index contributed by atoms with van der Waals surface area (Å²) in [5.41, 5.74) is 8.17. The molecule has 0 amide bonds. The van der Waals surface area contributed by atoms with Gasteiger partial charge in [0.25, 0.3) is 0 Å². The van der Waals surface area contributed by atoms with Crippen LogP contribution in [0, 0.1) is 5.82 Å². The zero-order valence-electron chi connectivity index (χ0n) is 13.4. The van der Waals surface area contributed by atoms with Gasteiger partial charge < -0.3 is 10.5 Å². The van der Waals surface area contributed by atoms with E-state index in [2.05, 4.69) is 9.84 Å². The number of halogens is 2. The molecule has 1 heterocycles. The second-order valence-corrected chi connectivity index (χ2v) is 5.85. The van der Waals surface area contributed by atoms with Crippen molar-refractivity contribution in [3.63, 3.8) is 0 Å². The van der Waals surface area contributed by atoms with E-state index in [1.54, 1.807) is 35.0 Å². The highest BCUT2D eigenvalue weighted by Gasteiger charge is 2.12. The summed E-state index contributed by atoms with van der Waals surface area (Å²) in [6.45, 7) is 0.203. The van der Waals surface area contributed by atoms with Crippen molar-refractivity contribution in [3.05, 3.63) is 64.6 Å². The molecule has 2 aromatic carbocycles. The molecule has 25 heavy (non-hydrogen) atoms. The summed E-state index contributed by atoms with van der Waals surface area (Å²) in [5, 5.41) is 5.59. The topological polar surface area (TPSA) is 70.1 Å². The Morgan fingerprint density at radius 2 is 2.16 bits per heavy atom. The molecule has 3 aromatic rings. The minimum absolute atomic E-state index is 0.203. The Morgan fingerprint density at radius 3 is 2.88 bits per heavy atom. The summed E-state index contributed by atoms with van der Waals surface area (Å²) in [5.74, 6) is -0.895. The fraction of sp³-hybridized carbons (Fsp3) is 0.111. The number of methoxy groups -OCH3 is 1. The first-order valence-corrected chi connectivity index (χ1v) is 7.81. The van der Waals surface area contributed by atoms with Crippen LogP contribution in [-0.2, 0) is 16.1 Å². The molecule has 0 saturated carbocycles. The van der Waals surface area contributed by atoms with Crippen molar-refractivity contribution in [2.45, 2.75) is 6.54 Å². The average Bonchev–Trinajstić information content (AvgIpc) is 2.92. The van der Waals surface area contributed by atoms with Gasteiger partial charge in [-0.3, -0.25) is 4.68 Å². The molecular weight excluding hydrogens is 345 g/mol. The Bertz CT molecular complexity index is 982. The molecule has 0 atom stereocenters. The standard InChI is InChI=1S/C18H15ClFN3O2/c1-25-18(24)7-6-16-14-5-4-13(21)9-17(14)23(22-16)10-11-2-3-12(19)8-15(11)20/h2-9H,10,21H2,1H3/b7-6+. The average molecular weight is 360 g/mol. The first-order chi connectivity index (χ1) is 12.0. The quantitative estimate of drug-likeness (QED) is 0.438. The van der Waals surface area contributed by atoms with Crippen LogP contribution in [0.15, 0.2) is 42.5 Å². The smallest absolute Gasteiger partial charge is 0.330 e. The third-order valence-electron chi connectivity index (χ3n) is 3.72. The van der Waals surface area contributed by atoms with Crippen molar-refractivity contribution >= 4 is 40.2 Å². The van der Waals surface area contributed by atoms with Crippen molar-refractivity contribution in [3.8, 4) is 0 Å². The molecule has 0 spiro atoms. The van der Waals surface area contributed by atoms with Gasteiger partial charge in [0.2, 0.25) is 0 Å². The normalized spacial score (nSPS) is 11.3. The van der Waals surface area contributed by atoms with Crippen LogP contribution >= 0.6 is 11.6 Å². The van der Waals surface area contributed by atoms with Crippen molar-refractivity contribution in [1.29, 1.82) is 0 Å². The van der Waals surface area contributed by atoms with Crippen molar-refractivity contribution in [2.75, 3.05) is 12.8 Å². The van der Waals surface area contributed by atoms with E-state index in [1.165, 1.54) is 19.3 Å². The monoisotopic (exact) mass is 359 g/mol. The highest BCUT2D eigenvalue weighted by atomic mass is 35.5. The Morgan fingerprint density at radius 1 is 1.36 bits per heavy atom. The first-order valence-electron chi connectivity index (χ1n) is 7.44. The number of fused-ring (bicyclic) bond motifs is 1. The van der Waals surface area contributed by atoms with Gasteiger partial charge in [-0.05, 0) is 36.4 Å². The van der Waals surface area contributed by atoms with Crippen molar-refractivity contribution in [2.24, 2.45) is 0 Å². The van der Waals surface area contributed by atoms with Crippen LogP contribution in [0.3, 0.4) is 0 Å². The van der Waals surface area contributed by atoms with Gasteiger partial charge >= 0.3 is 5.97 Å². The number of hydrogen-bond donors (Lipinski definition) is 1. The van der Waals surface area contributed by atoms with E-state index in [1.807, 2.05) is 6.07 Å². The number of benzene rings is 2. The van der Waals surface area contributed by atoms with Crippen LogP contribution in [0.4, 0.5) is 10.1 Å². The summed E-state index contributed by atoms with van der Waals surface area (Å²) in [6.07, 6.45) is 2.84. The van der Waals surface area contributed by atoms with Gasteiger partial charge in [0, 0.05) is 27.7 Å². The molecule has 1 aromatic heterocycles. The lowest BCUT2D eigenvalue weighted by Crippen LogP contribution is -2.04. The number of carbonyl (C=O) groups is 1. The molecule has 0 radical (unpaired) electrons. The maximum Gasteiger partial charge on any atom is 0.330 e. The summed E-state index contributed by atoms with van der Waals surface area (Å²) in [7, 11) is 1.30. The van der Waals surface area contributed by atoms with Gasteiger partial charge in [0.1, 0.15) is 5.82 Å². The number of esters is 1. The lowest BCUT2D eigenvalue weighted by molar-refractivity contribution is -0.134. The molecule has 0 aliphatic heterocycles. The molecule has 128 valence electrons. The molecule has 0 aliphatic carbocycles. The minimum Gasteiger partial charge on any atom is -0.466 e. The second-order valence-electron chi connectivity index (χ2n) is 5.41. The highest BCUT2D eigenvalue weighted by molar-refractivity contribution is 6.30. The molecule has 0 fully saturated rings. The van der Waals surface area contributed by atoms with Crippen LogP contribution in [-0.4, -0.2) is 22.9 Å². The fourth-order valence-corrected chi connectivity index (χ4v) is 2.65. The van der Waals surface area contributed by atoms with E-state index in [0.717, 1.165) is 10.9 Å². The van der Waals surface area contributed by atoms with E-state index < -0.39 is 11.8 Å². The molecule has 5 nitrogen and oxygen atoms in total. The van der Waals surface area contributed by atoms with Gasteiger partial charge in [0.05, 0.1) is 24.9 Å². The molecular formula is C18H15ClFN3O2. The number of anilines is 1. The van der Waals surface area contributed by atoms with E-state index in [-0.39, 0.29) is 6.54 Å². The van der Waals surface area contributed by atoms with E-state index >= 15 is 0 Å². The zero-order chi connectivity index (χ0) is 18.0. The summed E-state index contributed by atoms with van der Waals surface area (Å²) >= 11 is 5.79. The van der Waals surface area contributed by atoms with Gasteiger partial charge in [0.15, 0.2) is 0 Å². The maximum atomic E-state index is 14.1. The van der Waals surface area contributed by atoms with Crippen LogP contribution in [0.25, 0.3) is 17.0 Å². The fourth-order valence-electron chi connectivity index (χ4n) is 2.49. The van der Waals surface area contributed by atoms with Crippen LogP contribution in [0.5, 0.6) is 0 Å². The number of nitrogen functional groups attached to an aromatic ring is 1. The number of rotatable bonds is 4. The molecule has 2 N–H and O–H groups in total. The number of aromatic nitrogens is 2. The third-order valence-corrected chi connectivity index (χ3v) is 3.95. The maximum absolute atomic E-state index is 14.1. The SMILES string of the molecule is COC(=O)/C=C/c1nn(Cc2ccc(Cl)cc2F)c2cc(N)ccc12. The predicted molar refractivity (Wildman–Crippen MR) is 95.7 cm³/mol. The van der Waals surface area contributed by atoms with E-state index in [9.17, 15) is 9.18 Å². The van der Waals surface area contributed by atoms with E-state index in [0.29, 0.717) is 22.0 Å². The van der Waals surface area contributed by atoms with Crippen LogP contribution in [0.2, 0.25) is 5.02 Å². The lowest BCUT2D eigenvalue weighted by Gasteiger charge is -2.06. The Balaban J connectivity index is 2.06. The number of ether oxygens (including phenoxy) is 1. The first kappa shape index (κ1) is 17.0. The Kier molecular flexibility index (Phi) is 4.72. The molecule has 7 heteroatoms. The number of nitrogens with zero attached hydrogens (tertiary/aromatic N) is 2. The number of hydrogen-bond acceptors (Lipinski definition) is 4. The van der Waals surface area contributed by atoms with Gasteiger partial charge in [-0.25, -0.2) is 9.18 Å². The zero-order valence-corrected chi connectivity index (χ0v) is 14.1. The second kappa shape index (κ2) is 6.94. The summed E-state index contributed by atoms with van der Waals surface area (Å²) in [4.78, 5) is 11.3.